The molecule has 2 N–H and O–H groups in total. The number of aromatic nitrogens is 2. The first-order valence-corrected chi connectivity index (χ1v) is 8.59. The number of hydrogen-bond donors (Lipinski definition) is 2. The van der Waals surface area contributed by atoms with E-state index in [1.807, 2.05) is 55.5 Å². The highest BCUT2D eigenvalue weighted by Crippen LogP contribution is 2.19. The third-order valence-electron chi connectivity index (χ3n) is 4.13. The molecule has 0 radical (unpaired) electrons. The summed E-state index contributed by atoms with van der Waals surface area (Å²) in [6.07, 6.45) is 3.03. The van der Waals surface area contributed by atoms with Gasteiger partial charge in [-0.15, -0.1) is 0 Å². The summed E-state index contributed by atoms with van der Waals surface area (Å²) in [7, 11) is 0. The van der Waals surface area contributed by atoms with Crippen LogP contribution in [0.2, 0.25) is 0 Å². The van der Waals surface area contributed by atoms with Crippen molar-refractivity contribution < 1.29 is 4.79 Å². The van der Waals surface area contributed by atoms with Crippen molar-refractivity contribution in [2.75, 3.05) is 10.6 Å². The zero-order valence-corrected chi connectivity index (χ0v) is 15.2. The Hall–Kier alpha value is -3.21. The topological polar surface area (TPSA) is 66.9 Å². The molecule has 0 fully saturated rings. The van der Waals surface area contributed by atoms with Crippen molar-refractivity contribution in [3.05, 3.63) is 77.7 Å². The van der Waals surface area contributed by atoms with E-state index in [0.29, 0.717) is 11.7 Å². The average molecular weight is 346 g/mol. The number of rotatable bonds is 5. The highest BCUT2D eigenvalue weighted by atomic mass is 16.1. The molecule has 0 aliphatic heterocycles. The van der Waals surface area contributed by atoms with Gasteiger partial charge in [0, 0.05) is 11.4 Å². The van der Waals surface area contributed by atoms with Crippen LogP contribution in [-0.2, 0) is 0 Å². The predicted octanol–water partition coefficient (Wildman–Crippen LogP) is 4.90. The quantitative estimate of drug-likeness (QED) is 0.689. The standard InChI is InChI=1S/C21H22N4O/c1-14(2)16-8-10-17(11-9-16)24-21(26)19-12-23-20(13-22-19)25-18-7-5-4-6-15(18)3/h4-14H,1-3H3,(H,23,25)(H,24,26). The number of para-hydroxylation sites is 1. The minimum absolute atomic E-state index is 0.272. The summed E-state index contributed by atoms with van der Waals surface area (Å²) in [5.41, 5.74) is 4.32. The summed E-state index contributed by atoms with van der Waals surface area (Å²) in [5.74, 6) is 0.772. The van der Waals surface area contributed by atoms with Crippen LogP contribution in [-0.4, -0.2) is 15.9 Å². The number of nitrogens with one attached hydrogen (secondary N) is 2. The number of amides is 1. The van der Waals surface area contributed by atoms with E-state index in [4.69, 9.17) is 0 Å². The van der Waals surface area contributed by atoms with Gasteiger partial charge in [0.25, 0.3) is 5.91 Å². The van der Waals surface area contributed by atoms with E-state index in [9.17, 15) is 4.79 Å². The SMILES string of the molecule is Cc1ccccc1Nc1cnc(C(=O)Nc2ccc(C(C)C)cc2)cn1. The minimum atomic E-state index is -0.280. The lowest BCUT2D eigenvalue weighted by Gasteiger charge is -2.09. The van der Waals surface area contributed by atoms with E-state index in [0.717, 1.165) is 16.9 Å². The zero-order chi connectivity index (χ0) is 18.5. The maximum Gasteiger partial charge on any atom is 0.275 e. The Labute approximate surface area is 153 Å². The van der Waals surface area contributed by atoms with Gasteiger partial charge in [0.2, 0.25) is 0 Å². The van der Waals surface area contributed by atoms with Crippen molar-refractivity contribution in [3.63, 3.8) is 0 Å². The summed E-state index contributed by atoms with van der Waals surface area (Å²) < 4.78 is 0. The van der Waals surface area contributed by atoms with Gasteiger partial charge in [-0.3, -0.25) is 4.79 Å². The Morgan fingerprint density at radius 1 is 0.962 bits per heavy atom. The van der Waals surface area contributed by atoms with E-state index in [1.165, 1.54) is 11.8 Å². The minimum Gasteiger partial charge on any atom is -0.339 e. The molecule has 26 heavy (non-hydrogen) atoms. The van der Waals surface area contributed by atoms with Crippen LogP contribution in [0.3, 0.4) is 0 Å². The lowest BCUT2D eigenvalue weighted by molar-refractivity contribution is 0.102. The van der Waals surface area contributed by atoms with Gasteiger partial charge in [-0.1, -0.05) is 44.2 Å². The summed E-state index contributed by atoms with van der Waals surface area (Å²) in [6.45, 7) is 6.29. The third kappa shape index (κ3) is 4.25. The van der Waals surface area contributed by atoms with Crippen molar-refractivity contribution in [2.45, 2.75) is 26.7 Å². The van der Waals surface area contributed by atoms with Crippen molar-refractivity contribution in [1.29, 1.82) is 0 Å². The zero-order valence-electron chi connectivity index (χ0n) is 15.2. The number of nitrogens with zero attached hydrogens (tertiary/aromatic N) is 2. The monoisotopic (exact) mass is 346 g/mol. The van der Waals surface area contributed by atoms with Crippen LogP contribution >= 0.6 is 0 Å². The van der Waals surface area contributed by atoms with Crippen LogP contribution in [0.25, 0.3) is 0 Å². The summed E-state index contributed by atoms with van der Waals surface area (Å²) in [4.78, 5) is 20.8. The van der Waals surface area contributed by atoms with Gasteiger partial charge >= 0.3 is 0 Å². The molecule has 1 heterocycles. The van der Waals surface area contributed by atoms with Gasteiger partial charge in [0.05, 0.1) is 12.4 Å². The van der Waals surface area contributed by atoms with Crippen LogP contribution in [0.15, 0.2) is 60.9 Å². The van der Waals surface area contributed by atoms with E-state index in [2.05, 4.69) is 34.4 Å². The number of aryl methyl sites for hydroxylation is 1. The van der Waals surface area contributed by atoms with Gasteiger partial charge in [0.15, 0.2) is 0 Å². The van der Waals surface area contributed by atoms with Crippen molar-refractivity contribution in [2.24, 2.45) is 0 Å². The molecule has 5 heteroatoms. The smallest absolute Gasteiger partial charge is 0.275 e. The van der Waals surface area contributed by atoms with Crippen molar-refractivity contribution in [1.82, 2.24) is 9.97 Å². The molecule has 3 aromatic rings. The highest BCUT2D eigenvalue weighted by molar-refractivity contribution is 6.02. The Bertz CT molecular complexity index is 887. The van der Waals surface area contributed by atoms with E-state index in [-0.39, 0.29) is 11.6 Å². The second kappa shape index (κ2) is 7.78. The van der Waals surface area contributed by atoms with Crippen LogP contribution in [0.5, 0.6) is 0 Å². The Kier molecular flexibility index (Phi) is 5.27. The summed E-state index contributed by atoms with van der Waals surface area (Å²) >= 11 is 0. The number of carbonyl (C=O) groups excluding carboxylic acids is 1. The molecular formula is C21H22N4O. The molecule has 1 aromatic heterocycles. The molecule has 0 unspecified atom stereocenters. The van der Waals surface area contributed by atoms with Gasteiger partial charge in [-0.2, -0.15) is 0 Å². The van der Waals surface area contributed by atoms with Crippen LogP contribution in [0.1, 0.15) is 41.4 Å². The third-order valence-corrected chi connectivity index (χ3v) is 4.13. The molecule has 0 aliphatic carbocycles. The molecule has 132 valence electrons. The van der Waals surface area contributed by atoms with Crippen LogP contribution < -0.4 is 10.6 Å². The number of carbonyl (C=O) groups is 1. The Morgan fingerprint density at radius 3 is 2.31 bits per heavy atom. The first kappa shape index (κ1) is 17.6. The molecule has 0 spiro atoms. The Balaban J connectivity index is 1.66. The molecule has 0 bridgehead atoms. The number of anilines is 3. The lowest BCUT2D eigenvalue weighted by Crippen LogP contribution is -2.14. The van der Waals surface area contributed by atoms with Gasteiger partial charge in [-0.05, 0) is 42.2 Å². The first-order valence-electron chi connectivity index (χ1n) is 8.59. The van der Waals surface area contributed by atoms with Crippen LogP contribution in [0.4, 0.5) is 17.2 Å². The maximum atomic E-state index is 12.3. The van der Waals surface area contributed by atoms with Gasteiger partial charge in [0.1, 0.15) is 11.5 Å². The maximum absolute atomic E-state index is 12.3. The molecule has 0 atom stereocenters. The summed E-state index contributed by atoms with van der Waals surface area (Å²) in [5, 5.41) is 6.04. The second-order valence-corrected chi connectivity index (χ2v) is 6.46. The average Bonchev–Trinajstić information content (AvgIpc) is 2.64. The fourth-order valence-corrected chi connectivity index (χ4v) is 2.51. The van der Waals surface area contributed by atoms with Crippen molar-refractivity contribution >= 4 is 23.1 Å². The molecule has 0 saturated heterocycles. The van der Waals surface area contributed by atoms with E-state index < -0.39 is 0 Å². The number of benzene rings is 2. The molecule has 0 saturated carbocycles. The van der Waals surface area contributed by atoms with Gasteiger partial charge < -0.3 is 10.6 Å². The lowest BCUT2D eigenvalue weighted by atomic mass is 10.0. The molecule has 3 rings (SSSR count). The van der Waals surface area contributed by atoms with Gasteiger partial charge in [-0.25, -0.2) is 9.97 Å². The largest absolute Gasteiger partial charge is 0.339 e. The normalized spacial score (nSPS) is 10.6. The Morgan fingerprint density at radius 2 is 1.69 bits per heavy atom. The molecule has 2 aromatic carbocycles. The molecular weight excluding hydrogens is 324 g/mol. The predicted molar refractivity (Wildman–Crippen MR) is 105 cm³/mol. The molecule has 1 amide bonds. The molecule has 5 nitrogen and oxygen atoms in total. The van der Waals surface area contributed by atoms with Crippen LogP contribution in [0, 0.1) is 6.92 Å². The van der Waals surface area contributed by atoms with E-state index >= 15 is 0 Å². The number of hydrogen-bond acceptors (Lipinski definition) is 4. The fraction of sp³-hybridized carbons (Fsp3) is 0.190. The first-order chi connectivity index (χ1) is 12.5. The highest BCUT2D eigenvalue weighted by Gasteiger charge is 2.09. The second-order valence-electron chi connectivity index (χ2n) is 6.46. The van der Waals surface area contributed by atoms with Crippen molar-refractivity contribution in [3.8, 4) is 0 Å². The fourth-order valence-electron chi connectivity index (χ4n) is 2.51. The molecule has 0 aliphatic rings. The van der Waals surface area contributed by atoms with E-state index in [1.54, 1.807) is 6.20 Å². The summed E-state index contributed by atoms with van der Waals surface area (Å²) in [6, 6.07) is 15.7.